The van der Waals surface area contributed by atoms with Gasteiger partial charge in [-0.25, -0.2) is 9.97 Å². The van der Waals surface area contributed by atoms with E-state index in [-0.39, 0.29) is 0 Å². The highest BCUT2D eigenvalue weighted by Gasteiger charge is 2.06. The lowest BCUT2D eigenvalue weighted by molar-refractivity contribution is 1.08. The minimum Gasteiger partial charge on any atom is -0.342 e. The van der Waals surface area contributed by atoms with Crippen molar-refractivity contribution in [1.82, 2.24) is 15.0 Å². The van der Waals surface area contributed by atoms with Crippen molar-refractivity contribution in [2.45, 2.75) is 13.8 Å². The van der Waals surface area contributed by atoms with E-state index in [1.807, 2.05) is 37.3 Å². The summed E-state index contributed by atoms with van der Waals surface area (Å²) < 4.78 is 0.582. The number of benzene rings is 1. The van der Waals surface area contributed by atoms with Gasteiger partial charge < -0.3 is 4.98 Å². The third kappa shape index (κ3) is 2.27. The Balaban J connectivity index is 2.28. The molecule has 0 radical (unpaired) electrons. The molecule has 94 valence electrons. The van der Waals surface area contributed by atoms with Gasteiger partial charge >= 0.3 is 0 Å². The van der Waals surface area contributed by atoms with E-state index >= 15 is 0 Å². The normalized spacial score (nSPS) is 10.8. The standard InChI is InChI=1S/C15H13N3S/c1-9-7-13(15-16-10(2)8-14(19)18-15)17-12-6-4-3-5-11(9)12/h3-8H,1-2H3,(H,16,18,19). The molecule has 0 amide bonds. The van der Waals surface area contributed by atoms with E-state index in [0.717, 1.165) is 28.1 Å². The summed E-state index contributed by atoms with van der Waals surface area (Å²) in [4.78, 5) is 12.2. The first kappa shape index (κ1) is 12.0. The minimum absolute atomic E-state index is 0.582. The number of aromatic amines is 1. The zero-order chi connectivity index (χ0) is 13.4. The second-order valence-electron chi connectivity index (χ2n) is 4.59. The molecule has 0 saturated carbocycles. The molecule has 19 heavy (non-hydrogen) atoms. The Morgan fingerprint density at radius 3 is 2.63 bits per heavy atom. The predicted molar refractivity (Wildman–Crippen MR) is 79.6 cm³/mol. The summed E-state index contributed by atoms with van der Waals surface area (Å²) in [5.41, 5.74) is 3.97. The van der Waals surface area contributed by atoms with Gasteiger partial charge in [-0.1, -0.05) is 30.4 Å². The molecule has 0 bridgehead atoms. The second kappa shape index (κ2) is 4.55. The predicted octanol–water partition coefficient (Wildman–Crippen LogP) is 3.97. The highest BCUT2D eigenvalue weighted by Crippen LogP contribution is 2.22. The average molecular weight is 267 g/mol. The molecule has 0 aliphatic rings. The number of hydrogen-bond acceptors (Lipinski definition) is 3. The van der Waals surface area contributed by atoms with Crippen LogP contribution in [0.15, 0.2) is 36.4 Å². The van der Waals surface area contributed by atoms with E-state index in [4.69, 9.17) is 12.2 Å². The molecule has 0 fully saturated rings. The smallest absolute Gasteiger partial charge is 0.157 e. The zero-order valence-electron chi connectivity index (χ0n) is 10.8. The van der Waals surface area contributed by atoms with Crippen molar-refractivity contribution in [3.8, 4) is 11.5 Å². The summed E-state index contributed by atoms with van der Waals surface area (Å²) in [7, 11) is 0. The number of para-hydroxylation sites is 1. The molecular weight excluding hydrogens is 254 g/mol. The van der Waals surface area contributed by atoms with E-state index < -0.39 is 0 Å². The molecule has 0 spiro atoms. The third-order valence-corrected chi connectivity index (χ3v) is 3.25. The average Bonchev–Trinajstić information content (AvgIpc) is 2.37. The maximum absolute atomic E-state index is 5.16. The second-order valence-corrected chi connectivity index (χ2v) is 5.01. The van der Waals surface area contributed by atoms with Crippen LogP contribution < -0.4 is 0 Å². The van der Waals surface area contributed by atoms with E-state index in [9.17, 15) is 0 Å². The Hall–Kier alpha value is -2.07. The minimum atomic E-state index is 0.582. The van der Waals surface area contributed by atoms with Crippen LogP contribution in [-0.4, -0.2) is 15.0 Å². The Bertz CT molecular complexity index is 821. The number of fused-ring (bicyclic) bond motifs is 1. The quantitative estimate of drug-likeness (QED) is 0.678. The van der Waals surface area contributed by atoms with Gasteiger partial charge in [0.2, 0.25) is 0 Å². The first-order valence-electron chi connectivity index (χ1n) is 6.08. The molecular formula is C15H13N3S. The summed E-state index contributed by atoms with van der Waals surface area (Å²) in [5.74, 6) is 0.721. The van der Waals surface area contributed by atoms with Gasteiger partial charge in [-0.15, -0.1) is 0 Å². The highest BCUT2D eigenvalue weighted by atomic mass is 32.1. The summed E-state index contributed by atoms with van der Waals surface area (Å²) in [5, 5.41) is 1.16. The van der Waals surface area contributed by atoms with Crippen molar-refractivity contribution in [2.24, 2.45) is 0 Å². The van der Waals surface area contributed by atoms with Crippen molar-refractivity contribution in [2.75, 3.05) is 0 Å². The van der Waals surface area contributed by atoms with Gasteiger partial charge in [0.25, 0.3) is 0 Å². The van der Waals surface area contributed by atoms with Crippen molar-refractivity contribution in [1.29, 1.82) is 0 Å². The number of aryl methyl sites for hydroxylation is 2. The number of rotatable bonds is 1. The van der Waals surface area contributed by atoms with Crippen LogP contribution in [0, 0.1) is 18.5 Å². The lowest BCUT2D eigenvalue weighted by Gasteiger charge is -2.06. The molecule has 0 unspecified atom stereocenters. The van der Waals surface area contributed by atoms with Crippen LogP contribution in [0.4, 0.5) is 0 Å². The van der Waals surface area contributed by atoms with Gasteiger partial charge in [0.05, 0.1) is 5.52 Å². The zero-order valence-corrected chi connectivity index (χ0v) is 11.6. The molecule has 3 rings (SSSR count). The number of nitrogens with one attached hydrogen (secondary N) is 1. The van der Waals surface area contributed by atoms with E-state index in [0.29, 0.717) is 4.64 Å². The first-order valence-corrected chi connectivity index (χ1v) is 6.49. The lowest BCUT2D eigenvalue weighted by Crippen LogP contribution is -1.96. The van der Waals surface area contributed by atoms with Gasteiger partial charge in [0, 0.05) is 11.1 Å². The summed E-state index contributed by atoms with van der Waals surface area (Å²) >= 11 is 5.16. The summed E-state index contributed by atoms with van der Waals surface area (Å²) in [6.07, 6.45) is 0. The molecule has 0 aliphatic heterocycles. The van der Waals surface area contributed by atoms with Crippen LogP contribution >= 0.6 is 12.2 Å². The highest BCUT2D eigenvalue weighted by molar-refractivity contribution is 7.71. The van der Waals surface area contributed by atoms with Crippen molar-refractivity contribution in [3.05, 3.63) is 52.3 Å². The van der Waals surface area contributed by atoms with Gasteiger partial charge in [-0.3, -0.25) is 0 Å². The number of hydrogen-bond donors (Lipinski definition) is 1. The van der Waals surface area contributed by atoms with Crippen molar-refractivity contribution >= 4 is 23.1 Å². The van der Waals surface area contributed by atoms with Crippen molar-refractivity contribution in [3.63, 3.8) is 0 Å². The number of nitrogens with zero attached hydrogens (tertiary/aromatic N) is 2. The van der Waals surface area contributed by atoms with Crippen LogP contribution in [0.3, 0.4) is 0 Å². The topological polar surface area (TPSA) is 41.6 Å². The Morgan fingerprint density at radius 1 is 1.05 bits per heavy atom. The van der Waals surface area contributed by atoms with Gasteiger partial charge in [0.1, 0.15) is 10.3 Å². The molecule has 2 heterocycles. The summed E-state index contributed by atoms with van der Waals surface area (Å²) in [6.45, 7) is 4.05. The molecule has 2 aromatic heterocycles. The Morgan fingerprint density at radius 2 is 1.84 bits per heavy atom. The SMILES string of the molecule is Cc1cc(=S)nc(-c2cc(C)c3ccccc3n2)[nH]1. The number of aromatic nitrogens is 3. The van der Waals surface area contributed by atoms with Crippen LogP contribution in [0.2, 0.25) is 0 Å². The fraction of sp³-hybridized carbons (Fsp3) is 0.133. The molecule has 0 atom stereocenters. The molecule has 3 aromatic rings. The summed E-state index contributed by atoms with van der Waals surface area (Å²) in [6, 6.07) is 12.0. The van der Waals surface area contributed by atoms with Crippen LogP contribution in [0.5, 0.6) is 0 Å². The number of H-pyrrole nitrogens is 1. The van der Waals surface area contributed by atoms with Gasteiger partial charge in [0.15, 0.2) is 5.82 Å². The van der Waals surface area contributed by atoms with E-state index in [1.165, 1.54) is 5.56 Å². The molecule has 0 saturated heterocycles. The third-order valence-electron chi connectivity index (χ3n) is 3.04. The first-order chi connectivity index (χ1) is 9.13. The maximum Gasteiger partial charge on any atom is 0.157 e. The fourth-order valence-corrected chi connectivity index (χ4v) is 2.44. The van der Waals surface area contributed by atoms with Crippen molar-refractivity contribution < 1.29 is 0 Å². The fourth-order valence-electron chi connectivity index (χ4n) is 2.17. The maximum atomic E-state index is 5.16. The molecule has 4 heteroatoms. The van der Waals surface area contributed by atoms with Crippen LogP contribution in [-0.2, 0) is 0 Å². The molecule has 0 aliphatic carbocycles. The van der Waals surface area contributed by atoms with Crippen LogP contribution in [0.1, 0.15) is 11.3 Å². The van der Waals surface area contributed by atoms with Gasteiger partial charge in [-0.05, 0) is 37.6 Å². The largest absolute Gasteiger partial charge is 0.342 e. The van der Waals surface area contributed by atoms with Gasteiger partial charge in [-0.2, -0.15) is 0 Å². The lowest BCUT2D eigenvalue weighted by atomic mass is 10.1. The number of pyridine rings is 1. The Labute approximate surface area is 116 Å². The molecule has 1 N–H and O–H groups in total. The van der Waals surface area contributed by atoms with E-state index in [2.05, 4.69) is 27.9 Å². The van der Waals surface area contributed by atoms with E-state index in [1.54, 1.807) is 0 Å². The Kier molecular flexibility index (Phi) is 2.87. The monoisotopic (exact) mass is 267 g/mol. The molecule has 1 aromatic carbocycles. The van der Waals surface area contributed by atoms with Crippen LogP contribution in [0.25, 0.3) is 22.4 Å². The molecule has 3 nitrogen and oxygen atoms in total.